The average molecular weight is 247 g/mol. The molecule has 1 heterocycles. The topological polar surface area (TPSA) is 18.5 Å². The Labute approximate surface area is 111 Å². The van der Waals surface area contributed by atoms with Crippen molar-refractivity contribution in [2.24, 2.45) is 0 Å². The van der Waals surface area contributed by atoms with Crippen LogP contribution in [0.3, 0.4) is 0 Å². The van der Waals surface area contributed by atoms with E-state index in [1.54, 1.807) is 0 Å². The molecule has 18 heavy (non-hydrogen) atoms. The first-order valence-corrected chi connectivity index (χ1v) is 7.08. The third kappa shape index (κ3) is 2.96. The smallest absolute Gasteiger partial charge is 0.0368 e. The van der Waals surface area contributed by atoms with Gasteiger partial charge >= 0.3 is 0 Å². The minimum Gasteiger partial charge on any atom is -0.372 e. The molecule has 1 fully saturated rings. The number of nitrogens with zero attached hydrogens (tertiary/aromatic N) is 2. The van der Waals surface area contributed by atoms with Gasteiger partial charge in [-0.15, -0.1) is 0 Å². The van der Waals surface area contributed by atoms with E-state index in [0.29, 0.717) is 6.04 Å². The normalized spacial score (nSPS) is 19.9. The van der Waals surface area contributed by atoms with Gasteiger partial charge in [0.2, 0.25) is 0 Å². The zero-order valence-corrected chi connectivity index (χ0v) is 11.8. The minimum absolute atomic E-state index is 0.584. The van der Waals surface area contributed by atoms with Crippen LogP contribution < -0.4 is 15.1 Å². The van der Waals surface area contributed by atoms with Crippen molar-refractivity contribution in [2.45, 2.75) is 26.8 Å². The second-order valence-corrected chi connectivity index (χ2v) is 4.99. The molecule has 0 spiro atoms. The highest BCUT2D eigenvalue weighted by Gasteiger charge is 2.15. The second kappa shape index (κ2) is 6.10. The molecule has 0 aromatic heterocycles. The predicted molar refractivity (Wildman–Crippen MR) is 79.7 cm³/mol. The van der Waals surface area contributed by atoms with Gasteiger partial charge in [-0.25, -0.2) is 0 Å². The summed E-state index contributed by atoms with van der Waals surface area (Å²) in [4.78, 5) is 4.84. The van der Waals surface area contributed by atoms with Crippen LogP contribution in [0.1, 0.15) is 20.8 Å². The van der Waals surface area contributed by atoms with Crippen molar-refractivity contribution in [3.63, 3.8) is 0 Å². The fourth-order valence-corrected chi connectivity index (χ4v) is 2.63. The van der Waals surface area contributed by atoms with Gasteiger partial charge in [0.25, 0.3) is 0 Å². The second-order valence-electron chi connectivity index (χ2n) is 4.99. The van der Waals surface area contributed by atoms with Gasteiger partial charge in [0.1, 0.15) is 0 Å². The summed E-state index contributed by atoms with van der Waals surface area (Å²) in [5, 5.41) is 3.48. The third-order valence-electron chi connectivity index (χ3n) is 3.71. The summed E-state index contributed by atoms with van der Waals surface area (Å²) in [6, 6.07) is 9.59. The van der Waals surface area contributed by atoms with Crippen LogP contribution in [0.5, 0.6) is 0 Å². The van der Waals surface area contributed by atoms with Crippen LogP contribution in [0.25, 0.3) is 0 Å². The predicted octanol–water partition coefficient (Wildman–Crippen LogP) is 2.33. The SMILES string of the molecule is CCN(CC)c1ccc(N2CCNC(C)C2)cc1. The maximum Gasteiger partial charge on any atom is 0.0368 e. The molecular weight excluding hydrogens is 222 g/mol. The Morgan fingerprint density at radius 1 is 1.22 bits per heavy atom. The summed E-state index contributed by atoms with van der Waals surface area (Å²) in [5.41, 5.74) is 2.67. The fraction of sp³-hybridized carbons (Fsp3) is 0.600. The zero-order chi connectivity index (χ0) is 13.0. The van der Waals surface area contributed by atoms with E-state index in [2.05, 4.69) is 60.2 Å². The molecular formula is C15H25N3. The van der Waals surface area contributed by atoms with Crippen LogP contribution in [-0.2, 0) is 0 Å². The van der Waals surface area contributed by atoms with Gasteiger partial charge in [-0.1, -0.05) is 0 Å². The van der Waals surface area contributed by atoms with E-state index in [1.807, 2.05) is 0 Å². The summed E-state index contributed by atoms with van der Waals surface area (Å²) in [6.45, 7) is 12.1. The number of anilines is 2. The van der Waals surface area contributed by atoms with Gasteiger partial charge in [0.15, 0.2) is 0 Å². The minimum atomic E-state index is 0.584. The zero-order valence-electron chi connectivity index (χ0n) is 11.8. The van der Waals surface area contributed by atoms with Crippen molar-refractivity contribution >= 4 is 11.4 Å². The van der Waals surface area contributed by atoms with Crippen molar-refractivity contribution in [1.82, 2.24) is 5.32 Å². The highest BCUT2D eigenvalue weighted by atomic mass is 15.2. The van der Waals surface area contributed by atoms with Crippen LogP contribution in [0, 0.1) is 0 Å². The lowest BCUT2D eigenvalue weighted by atomic mass is 10.2. The molecule has 0 aliphatic carbocycles. The van der Waals surface area contributed by atoms with E-state index in [-0.39, 0.29) is 0 Å². The number of hydrogen-bond donors (Lipinski definition) is 1. The standard InChI is InChI=1S/C15H25N3/c1-4-17(5-2)14-6-8-15(9-7-14)18-11-10-16-13(3)12-18/h6-9,13,16H,4-5,10-12H2,1-3H3. The molecule has 1 aromatic rings. The van der Waals surface area contributed by atoms with Crippen molar-refractivity contribution in [1.29, 1.82) is 0 Å². The molecule has 0 amide bonds. The van der Waals surface area contributed by atoms with E-state index in [0.717, 1.165) is 32.7 Å². The molecule has 1 atom stereocenters. The number of benzene rings is 1. The quantitative estimate of drug-likeness (QED) is 0.881. The Bertz CT molecular complexity index is 357. The van der Waals surface area contributed by atoms with Crippen LogP contribution >= 0.6 is 0 Å². The van der Waals surface area contributed by atoms with E-state index in [1.165, 1.54) is 11.4 Å². The molecule has 1 aliphatic heterocycles. The van der Waals surface area contributed by atoms with Crippen molar-refractivity contribution in [3.05, 3.63) is 24.3 Å². The molecule has 1 unspecified atom stereocenters. The van der Waals surface area contributed by atoms with Crippen LogP contribution in [0.4, 0.5) is 11.4 Å². The number of nitrogens with one attached hydrogen (secondary N) is 1. The molecule has 1 saturated heterocycles. The Morgan fingerprint density at radius 2 is 1.89 bits per heavy atom. The molecule has 2 rings (SSSR count). The molecule has 100 valence electrons. The fourth-order valence-electron chi connectivity index (χ4n) is 2.63. The summed E-state index contributed by atoms with van der Waals surface area (Å²) in [6.07, 6.45) is 0. The van der Waals surface area contributed by atoms with E-state index in [9.17, 15) is 0 Å². The lowest BCUT2D eigenvalue weighted by molar-refractivity contribution is 0.485. The lowest BCUT2D eigenvalue weighted by Crippen LogP contribution is -2.49. The van der Waals surface area contributed by atoms with Crippen LogP contribution in [0.2, 0.25) is 0 Å². The van der Waals surface area contributed by atoms with Crippen LogP contribution in [0.15, 0.2) is 24.3 Å². The first-order chi connectivity index (χ1) is 8.74. The van der Waals surface area contributed by atoms with Gasteiger partial charge in [0, 0.05) is 50.1 Å². The van der Waals surface area contributed by atoms with Gasteiger partial charge in [0.05, 0.1) is 0 Å². The van der Waals surface area contributed by atoms with Gasteiger partial charge in [-0.3, -0.25) is 0 Å². The number of hydrogen-bond acceptors (Lipinski definition) is 3. The average Bonchev–Trinajstić information content (AvgIpc) is 2.41. The molecule has 1 aliphatic rings. The van der Waals surface area contributed by atoms with Gasteiger partial charge in [-0.2, -0.15) is 0 Å². The van der Waals surface area contributed by atoms with E-state index in [4.69, 9.17) is 0 Å². The molecule has 0 bridgehead atoms. The maximum absolute atomic E-state index is 3.48. The van der Waals surface area contributed by atoms with E-state index < -0.39 is 0 Å². The van der Waals surface area contributed by atoms with Gasteiger partial charge in [-0.05, 0) is 45.0 Å². The highest BCUT2D eigenvalue weighted by Crippen LogP contribution is 2.21. The van der Waals surface area contributed by atoms with Crippen molar-refractivity contribution < 1.29 is 0 Å². The lowest BCUT2D eigenvalue weighted by Gasteiger charge is -2.34. The molecule has 0 saturated carbocycles. The van der Waals surface area contributed by atoms with Crippen LogP contribution in [-0.4, -0.2) is 38.8 Å². The Kier molecular flexibility index (Phi) is 4.48. The molecule has 3 heteroatoms. The summed E-state index contributed by atoms with van der Waals surface area (Å²) in [5.74, 6) is 0. The monoisotopic (exact) mass is 247 g/mol. The molecule has 1 N–H and O–H groups in total. The first-order valence-electron chi connectivity index (χ1n) is 7.08. The van der Waals surface area contributed by atoms with Crippen molar-refractivity contribution in [2.75, 3.05) is 42.5 Å². The van der Waals surface area contributed by atoms with Gasteiger partial charge < -0.3 is 15.1 Å². The number of piperazine rings is 1. The number of rotatable bonds is 4. The molecule has 3 nitrogen and oxygen atoms in total. The summed E-state index contributed by atoms with van der Waals surface area (Å²) in [7, 11) is 0. The maximum atomic E-state index is 3.48. The summed E-state index contributed by atoms with van der Waals surface area (Å²) >= 11 is 0. The Hall–Kier alpha value is -1.22. The molecule has 0 radical (unpaired) electrons. The largest absolute Gasteiger partial charge is 0.372 e. The van der Waals surface area contributed by atoms with E-state index >= 15 is 0 Å². The summed E-state index contributed by atoms with van der Waals surface area (Å²) < 4.78 is 0. The first kappa shape index (κ1) is 13.2. The van der Waals surface area contributed by atoms with Crippen molar-refractivity contribution in [3.8, 4) is 0 Å². The highest BCUT2D eigenvalue weighted by molar-refractivity contribution is 5.56. The Morgan fingerprint density at radius 3 is 2.44 bits per heavy atom. The molecule has 1 aromatic carbocycles. The third-order valence-corrected chi connectivity index (χ3v) is 3.71. The Balaban J connectivity index is 2.07.